The average Bonchev–Trinajstić information content (AvgIpc) is 2.11. The Balaban J connectivity index is 2.65. The molecule has 0 saturated heterocycles. The van der Waals surface area contributed by atoms with E-state index in [4.69, 9.17) is 11.6 Å². The molecule has 0 spiro atoms. The highest BCUT2D eigenvalue weighted by molar-refractivity contribution is 6.30. The summed E-state index contributed by atoms with van der Waals surface area (Å²) in [6.45, 7) is 1.52. The summed E-state index contributed by atoms with van der Waals surface area (Å²) < 4.78 is 1.51. The van der Waals surface area contributed by atoms with Gasteiger partial charge in [0.15, 0.2) is 0 Å². The van der Waals surface area contributed by atoms with Crippen LogP contribution in [-0.2, 0) is 6.54 Å². The van der Waals surface area contributed by atoms with E-state index in [1.807, 2.05) is 7.05 Å². The number of aromatic nitrogens is 2. The molecule has 0 unspecified atom stereocenters. The van der Waals surface area contributed by atoms with Gasteiger partial charge in [-0.05, 0) is 20.0 Å². The first-order chi connectivity index (χ1) is 6.24. The highest BCUT2D eigenvalue weighted by atomic mass is 35.5. The van der Waals surface area contributed by atoms with Crippen molar-refractivity contribution in [3.63, 3.8) is 0 Å². The number of hydrogen-bond acceptors (Lipinski definition) is 3. The Kier molecular flexibility index (Phi) is 3.92. The minimum absolute atomic E-state index is 0.250. The Bertz CT molecular complexity index is 323. The van der Waals surface area contributed by atoms with Gasteiger partial charge in [-0.15, -0.1) is 0 Å². The lowest BCUT2D eigenvalue weighted by Gasteiger charge is -2.03. The molecule has 0 aliphatic carbocycles. The van der Waals surface area contributed by atoms with Crippen molar-refractivity contribution in [3.05, 3.63) is 27.9 Å². The zero-order chi connectivity index (χ0) is 9.68. The average molecular weight is 202 g/mol. The summed E-state index contributed by atoms with van der Waals surface area (Å²) in [6.07, 6.45) is 3.85. The zero-order valence-electron chi connectivity index (χ0n) is 7.46. The van der Waals surface area contributed by atoms with Crippen LogP contribution < -0.4 is 11.0 Å². The predicted octanol–water partition coefficient (Wildman–Crippen LogP) is 0.506. The number of nitrogens with zero attached hydrogens (tertiary/aromatic N) is 2. The van der Waals surface area contributed by atoms with E-state index in [0.717, 1.165) is 13.0 Å². The van der Waals surface area contributed by atoms with Crippen molar-refractivity contribution in [2.45, 2.75) is 13.0 Å². The molecule has 1 heterocycles. The second-order valence-electron chi connectivity index (χ2n) is 2.71. The standard InChI is InChI=1S/C8H12ClN3O/c1-10-3-2-4-12-6-7(9)5-11-8(12)13/h5-6,10H,2-4H2,1H3. The Hall–Kier alpha value is -0.870. The molecular formula is C8H12ClN3O. The molecule has 0 radical (unpaired) electrons. The molecule has 4 nitrogen and oxygen atoms in total. The summed E-state index contributed by atoms with van der Waals surface area (Å²) in [5.74, 6) is 0. The smallest absolute Gasteiger partial charge is 0.320 e. The van der Waals surface area contributed by atoms with Crippen LogP contribution >= 0.6 is 11.6 Å². The van der Waals surface area contributed by atoms with Gasteiger partial charge >= 0.3 is 5.69 Å². The summed E-state index contributed by atoms with van der Waals surface area (Å²) in [4.78, 5) is 14.8. The summed E-state index contributed by atoms with van der Waals surface area (Å²) in [6, 6.07) is 0. The first-order valence-electron chi connectivity index (χ1n) is 4.10. The maximum Gasteiger partial charge on any atom is 0.347 e. The molecule has 1 aromatic rings. The monoisotopic (exact) mass is 201 g/mol. The number of rotatable bonds is 4. The van der Waals surface area contributed by atoms with E-state index in [1.54, 1.807) is 6.20 Å². The predicted molar refractivity (Wildman–Crippen MR) is 52.1 cm³/mol. The Morgan fingerprint density at radius 3 is 3.15 bits per heavy atom. The molecule has 0 bridgehead atoms. The highest BCUT2D eigenvalue weighted by Gasteiger charge is 1.96. The minimum Gasteiger partial charge on any atom is -0.320 e. The molecule has 1 rings (SSSR count). The van der Waals surface area contributed by atoms with E-state index in [1.165, 1.54) is 10.8 Å². The van der Waals surface area contributed by atoms with E-state index < -0.39 is 0 Å². The molecule has 5 heteroatoms. The molecule has 0 fully saturated rings. The Morgan fingerprint density at radius 1 is 1.69 bits per heavy atom. The lowest BCUT2D eigenvalue weighted by molar-refractivity contribution is 0.586. The van der Waals surface area contributed by atoms with Crippen LogP contribution in [0.25, 0.3) is 0 Å². The highest BCUT2D eigenvalue weighted by Crippen LogP contribution is 2.01. The number of hydrogen-bond donors (Lipinski definition) is 1. The van der Waals surface area contributed by atoms with Crippen LogP contribution in [0.2, 0.25) is 5.02 Å². The van der Waals surface area contributed by atoms with Crippen molar-refractivity contribution in [3.8, 4) is 0 Å². The van der Waals surface area contributed by atoms with Crippen molar-refractivity contribution >= 4 is 11.6 Å². The molecule has 1 N–H and O–H groups in total. The summed E-state index contributed by atoms with van der Waals surface area (Å²) >= 11 is 5.69. The third-order valence-corrected chi connectivity index (χ3v) is 1.84. The van der Waals surface area contributed by atoms with Crippen molar-refractivity contribution in [1.82, 2.24) is 14.9 Å². The van der Waals surface area contributed by atoms with Crippen LogP contribution in [0.4, 0.5) is 0 Å². The molecule has 72 valence electrons. The lowest BCUT2D eigenvalue weighted by atomic mass is 10.4. The quantitative estimate of drug-likeness (QED) is 0.722. The Labute approximate surface area is 81.6 Å². The van der Waals surface area contributed by atoms with Crippen molar-refractivity contribution in [2.75, 3.05) is 13.6 Å². The van der Waals surface area contributed by atoms with Gasteiger partial charge in [0.2, 0.25) is 0 Å². The van der Waals surface area contributed by atoms with Gasteiger partial charge < -0.3 is 5.32 Å². The molecule has 13 heavy (non-hydrogen) atoms. The van der Waals surface area contributed by atoms with Crippen LogP contribution in [0.1, 0.15) is 6.42 Å². The van der Waals surface area contributed by atoms with Crippen molar-refractivity contribution in [1.29, 1.82) is 0 Å². The fourth-order valence-corrected chi connectivity index (χ4v) is 1.18. The second-order valence-corrected chi connectivity index (χ2v) is 3.14. The summed E-state index contributed by atoms with van der Waals surface area (Å²) in [7, 11) is 1.87. The normalized spacial score (nSPS) is 10.3. The number of halogens is 1. The lowest BCUT2D eigenvalue weighted by Crippen LogP contribution is -2.23. The molecule has 0 saturated carbocycles. The van der Waals surface area contributed by atoms with Crippen LogP contribution in [0.3, 0.4) is 0 Å². The van der Waals surface area contributed by atoms with E-state index in [2.05, 4.69) is 10.3 Å². The molecule has 0 atom stereocenters. The van der Waals surface area contributed by atoms with E-state index in [9.17, 15) is 4.79 Å². The van der Waals surface area contributed by atoms with Crippen molar-refractivity contribution in [2.24, 2.45) is 0 Å². The van der Waals surface area contributed by atoms with Gasteiger partial charge in [-0.2, -0.15) is 0 Å². The van der Waals surface area contributed by atoms with Gasteiger partial charge in [0.1, 0.15) is 0 Å². The zero-order valence-corrected chi connectivity index (χ0v) is 8.21. The third kappa shape index (κ3) is 3.16. The maximum absolute atomic E-state index is 11.1. The topological polar surface area (TPSA) is 46.9 Å². The first kappa shape index (κ1) is 10.2. The first-order valence-corrected chi connectivity index (χ1v) is 4.48. The van der Waals surface area contributed by atoms with Gasteiger partial charge in [-0.1, -0.05) is 11.6 Å². The third-order valence-electron chi connectivity index (χ3n) is 1.65. The van der Waals surface area contributed by atoms with Crippen LogP contribution in [-0.4, -0.2) is 23.1 Å². The van der Waals surface area contributed by atoms with Crippen molar-refractivity contribution < 1.29 is 0 Å². The molecule has 0 amide bonds. The van der Waals surface area contributed by atoms with Gasteiger partial charge in [-0.3, -0.25) is 4.57 Å². The summed E-state index contributed by atoms with van der Waals surface area (Å²) in [5.41, 5.74) is -0.250. The Morgan fingerprint density at radius 2 is 2.46 bits per heavy atom. The van der Waals surface area contributed by atoms with E-state index in [0.29, 0.717) is 11.6 Å². The van der Waals surface area contributed by atoms with Crippen LogP contribution in [0.5, 0.6) is 0 Å². The maximum atomic E-state index is 11.1. The molecular weight excluding hydrogens is 190 g/mol. The fourth-order valence-electron chi connectivity index (χ4n) is 1.01. The van der Waals surface area contributed by atoms with Gasteiger partial charge in [0, 0.05) is 12.7 Å². The summed E-state index contributed by atoms with van der Waals surface area (Å²) in [5, 5.41) is 3.49. The van der Waals surface area contributed by atoms with Gasteiger partial charge in [0.05, 0.1) is 11.2 Å². The van der Waals surface area contributed by atoms with E-state index in [-0.39, 0.29) is 5.69 Å². The molecule has 0 aliphatic heterocycles. The second kappa shape index (κ2) is 4.99. The number of nitrogens with one attached hydrogen (secondary N) is 1. The largest absolute Gasteiger partial charge is 0.347 e. The molecule has 1 aromatic heterocycles. The molecule has 0 aromatic carbocycles. The molecule has 0 aliphatic rings. The van der Waals surface area contributed by atoms with Crippen LogP contribution in [0, 0.1) is 0 Å². The van der Waals surface area contributed by atoms with Gasteiger partial charge in [-0.25, -0.2) is 9.78 Å². The number of aryl methyl sites for hydroxylation is 1. The minimum atomic E-state index is -0.250. The van der Waals surface area contributed by atoms with E-state index >= 15 is 0 Å². The SMILES string of the molecule is CNCCCn1cc(Cl)cnc1=O. The van der Waals surface area contributed by atoms with Crippen LogP contribution in [0.15, 0.2) is 17.2 Å². The van der Waals surface area contributed by atoms with Gasteiger partial charge in [0.25, 0.3) is 0 Å². The fraction of sp³-hybridized carbons (Fsp3) is 0.500.